The first kappa shape index (κ1) is 16.5. The van der Waals surface area contributed by atoms with E-state index in [0.29, 0.717) is 0 Å². The number of nitrogens with one attached hydrogen (secondary N) is 1. The molecule has 0 saturated heterocycles. The number of aromatic hydroxyl groups is 1. The van der Waals surface area contributed by atoms with Crippen LogP contribution < -0.4 is 11.3 Å². The Morgan fingerprint density at radius 3 is 2.21 bits per heavy atom. The van der Waals surface area contributed by atoms with Gasteiger partial charge in [0, 0.05) is 11.6 Å². The molecule has 6 N–H and O–H groups in total. The molecule has 11 nitrogen and oxygen atoms in total. The number of phenolic OH excluding ortho intramolecular Hbond substituents is 1. The van der Waals surface area contributed by atoms with E-state index in [0.717, 1.165) is 18.2 Å². The summed E-state index contributed by atoms with van der Waals surface area (Å²) in [5, 5.41) is 38.8. The Morgan fingerprint density at radius 1 is 1.17 bits per heavy atom. The number of H-pyrrole nitrogens is 1. The molecule has 1 aromatic heterocycles. The van der Waals surface area contributed by atoms with Crippen LogP contribution in [0, 0.1) is 10.1 Å². The number of anilines is 1. The van der Waals surface area contributed by atoms with Crippen molar-refractivity contribution in [1.82, 2.24) is 4.98 Å². The van der Waals surface area contributed by atoms with Crippen LogP contribution in [-0.2, 0) is 0 Å². The maximum Gasteiger partial charge on any atom is 0.342 e. The molecule has 0 unspecified atom stereocenters. The van der Waals surface area contributed by atoms with Crippen LogP contribution in [0.4, 0.5) is 11.5 Å². The molecular formula is C13H9N3O8. The van der Waals surface area contributed by atoms with Gasteiger partial charge in [0.25, 0.3) is 5.56 Å². The summed E-state index contributed by atoms with van der Waals surface area (Å²) in [5.74, 6) is -4.78. The zero-order chi connectivity index (χ0) is 18.2. The van der Waals surface area contributed by atoms with Crippen molar-refractivity contribution < 1.29 is 29.8 Å². The molecule has 0 radical (unpaired) electrons. The van der Waals surface area contributed by atoms with E-state index in [1.165, 1.54) is 0 Å². The van der Waals surface area contributed by atoms with Crippen molar-refractivity contribution in [2.45, 2.75) is 0 Å². The molecule has 1 heterocycles. The smallest absolute Gasteiger partial charge is 0.342 e. The number of carboxylic acid groups (broad SMARTS) is 2. The number of nitro benzene ring substituents is 1. The molecule has 0 atom stereocenters. The highest BCUT2D eigenvalue weighted by atomic mass is 16.6. The number of hydrogen-bond donors (Lipinski definition) is 5. The molecule has 0 aliphatic carbocycles. The van der Waals surface area contributed by atoms with Gasteiger partial charge < -0.3 is 26.0 Å². The number of carboxylic acids is 2. The van der Waals surface area contributed by atoms with E-state index < -0.39 is 56.4 Å². The molecule has 0 amide bonds. The number of aromatic amines is 1. The number of pyridine rings is 1. The Labute approximate surface area is 131 Å². The molecule has 0 saturated carbocycles. The van der Waals surface area contributed by atoms with Crippen LogP contribution in [0.3, 0.4) is 0 Å². The van der Waals surface area contributed by atoms with Gasteiger partial charge in [-0.15, -0.1) is 0 Å². The summed E-state index contributed by atoms with van der Waals surface area (Å²) in [5.41, 5.74) is 1.19. The Balaban J connectivity index is 2.94. The van der Waals surface area contributed by atoms with Gasteiger partial charge in [-0.25, -0.2) is 9.59 Å². The molecule has 0 aliphatic rings. The van der Waals surface area contributed by atoms with Crippen molar-refractivity contribution in [3.63, 3.8) is 0 Å². The van der Waals surface area contributed by atoms with E-state index in [2.05, 4.69) is 0 Å². The van der Waals surface area contributed by atoms with Gasteiger partial charge >= 0.3 is 17.6 Å². The lowest BCUT2D eigenvalue weighted by Gasteiger charge is -2.12. The van der Waals surface area contributed by atoms with E-state index in [1.54, 1.807) is 0 Å². The fourth-order valence-electron chi connectivity index (χ4n) is 2.17. The molecule has 2 rings (SSSR count). The van der Waals surface area contributed by atoms with Crippen molar-refractivity contribution in [3.05, 3.63) is 49.8 Å². The summed E-state index contributed by atoms with van der Waals surface area (Å²) < 4.78 is 0. The number of rotatable bonds is 4. The number of aromatic nitrogens is 1. The van der Waals surface area contributed by atoms with Crippen molar-refractivity contribution in [1.29, 1.82) is 0 Å². The number of aromatic carboxylic acids is 2. The quantitative estimate of drug-likeness (QED) is 0.393. The van der Waals surface area contributed by atoms with Gasteiger partial charge in [0.05, 0.1) is 4.92 Å². The van der Waals surface area contributed by atoms with Gasteiger partial charge in [-0.2, -0.15) is 0 Å². The van der Waals surface area contributed by atoms with Gasteiger partial charge in [-0.05, 0) is 17.7 Å². The molecule has 2 aromatic rings. The fourth-order valence-corrected chi connectivity index (χ4v) is 2.17. The number of nitrogens with zero attached hydrogens (tertiary/aromatic N) is 1. The average Bonchev–Trinajstić information content (AvgIpc) is 2.44. The average molecular weight is 335 g/mol. The first-order valence-electron chi connectivity index (χ1n) is 6.15. The highest BCUT2D eigenvalue weighted by Gasteiger charge is 2.27. The van der Waals surface area contributed by atoms with Crippen LogP contribution in [0.5, 0.6) is 5.75 Å². The fraction of sp³-hybridized carbons (Fsp3) is 0. The second-order valence-corrected chi connectivity index (χ2v) is 4.56. The van der Waals surface area contributed by atoms with Crippen LogP contribution in [0.15, 0.2) is 23.0 Å². The molecule has 11 heteroatoms. The molecule has 0 aliphatic heterocycles. The summed E-state index contributed by atoms with van der Waals surface area (Å²) in [6, 6.07) is 2.63. The monoisotopic (exact) mass is 335 g/mol. The zero-order valence-corrected chi connectivity index (χ0v) is 11.6. The van der Waals surface area contributed by atoms with Crippen LogP contribution in [0.1, 0.15) is 20.7 Å². The molecule has 24 heavy (non-hydrogen) atoms. The topological polar surface area (TPSA) is 197 Å². The maximum absolute atomic E-state index is 11.8. The predicted octanol–water partition coefficient (Wildman–Crippen LogP) is 0.634. The number of hydrogen-bond acceptors (Lipinski definition) is 7. The number of nitro groups is 1. The van der Waals surface area contributed by atoms with Crippen molar-refractivity contribution in [2.75, 3.05) is 5.73 Å². The Kier molecular flexibility index (Phi) is 3.93. The van der Waals surface area contributed by atoms with Gasteiger partial charge in [-0.1, -0.05) is 0 Å². The van der Waals surface area contributed by atoms with Gasteiger partial charge in [0.1, 0.15) is 16.9 Å². The van der Waals surface area contributed by atoms with E-state index in [9.17, 15) is 39.8 Å². The van der Waals surface area contributed by atoms with Crippen LogP contribution in [-0.4, -0.2) is 37.2 Å². The Bertz CT molecular complexity index is 947. The Hall–Kier alpha value is -3.89. The normalized spacial score (nSPS) is 10.3. The molecule has 0 fully saturated rings. The predicted molar refractivity (Wildman–Crippen MR) is 79.1 cm³/mol. The lowest BCUT2D eigenvalue weighted by molar-refractivity contribution is -0.385. The summed E-state index contributed by atoms with van der Waals surface area (Å²) in [6.45, 7) is 0. The number of phenols is 1. The SMILES string of the molecule is Nc1[nH]c(=O)c(C(=O)O)c(-c2ccc([N+](=O)[O-])c(O)c2)c1C(=O)O. The number of nitrogens with two attached hydrogens (primary N) is 1. The summed E-state index contributed by atoms with van der Waals surface area (Å²) in [7, 11) is 0. The van der Waals surface area contributed by atoms with E-state index >= 15 is 0 Å². The van der Waals surface area contributed by atoms with Crippen LogP contribution >= 0.6 is 0 Å². The van der Waals surface area contributed by atoms with E-state index in [-0.39, 0.29) is 5.56 Å². The summed E-state index contributed by atoms with van der Waals surface area (Å²) >= 11 is 0. The minimum Gasteiger partial charge on any atom is -0.502 e. The molecule has 0 bridgehead atoms. The molecule has 0 spiro atoms. The summed E-state index contributed by atoms with van der Waals surface area (Å²) in [6.07, 6.45) is 0. The minimum atomic E-state index is -1.73. The van der Waals surface area contributed by atoms with Crippen LogP contribution in [0.25, 0.3) is 11.1 Å². The van der Waals surface area contributed by atoms with Crippen molar-refractivity contribution >= 4 is 23.4 Å². The van der Waals surface area contributed by atoms with Crippen LogP contribution in [0.2, 0.25) is 0 Å². The van der Waals surface area contributed by atoms with Crippen molar-refractivity contribution in [2.24, 2.45) is 0 Å². The third kappa shape index (κ3) is 2.61. The van der Waals surface area contributed by atoms with E-state index in [4.69, 9.17) is 5.73 Å². The van der Waals surface area contributed by atoms with Gasteiger partial charge in [-0.3, -0.25) is 14.9 Å². The third-order valence-electron chi connectivity index (χ3n) is 3.13. The lowest BCUT2D eigenvalue weighted by Crippen LogP contribution is -2.24. The number of carbonyl (C=O) groups is 2. The lowest BCUT2D eigenvalue weighted by atomic mass is 9.95. The highest BCUT2D eigenvalue weighted by molar-refractivity contribution is 6.07. The molecule has 1 aromatic carbocycles. The van der Waals surface area contributed by atoms with Crippen molar-refractivity contribution in [3.8, 4) is 16.9 Å². The summed E-state index contributed by atoms with van der Waals surface area (Å²) in [4.78, 5) is 46.3. The third-order valence-corrected chi connectivity index (χ3v) is 3.13. The Morgan fingerprint density at radius 2 is 1.75 bits per heavy atom. The first-order chi connectivity index (χ1) is 11.1. The maximum atomic E-state index is 11.8. The largest absolute Gasteiger partial charge is 0.502 e. The second-order valence-electron chi connectivity index (χ2n) is 4.56. The first-order valence-corrected chi connectivity index (χ1v) is 6.15. The van der Waals surface area contributed by atoms with E-state index in [1.807, 2.05) is 4.98 Å². The van der Waals surface area contributed by atoms with Gasteiger partial charge in [0.2, 0.25) is 0 Å². The minimum absolute atomic E-state index is 0.231. The highest BCUT2D eigenvalue weighted by Crippen LogP contribution is 2.35. The van der Waals surface area contributed by atoms with Gasteiger partial charge in [0.15, 0.2) is 5.75 Å². The second kappa shape index (κ2) is 5.72. The number of nitrogen functional groups attached to an aromatic ring is 1. The standard InChI is InChI=1S/C13H9N3O8/c14-10-8(12(19)20)7(9(13(21)22)11(18)15-10)4-1-2-5(16(23)24)6(17)3-4/h1-3,17H,(H,19,20)(H,21,22)(H3,14,15,18). The molecule has 124 valence electrons. The molecular weight excluding hydrogens is 326 g/mol. The zero-order valence-electron chi connectivity index (χ0n) is 11.6. The number of benzene rings is 1.